The van der Waals surface area contributed by atoms with Crippen LogP contribution in [0.2, 0.25) is 5.02 Å². The first-order valence-corrected chi connectivity index (χ1v) is 7.56. The summed E-state index contributed by atoms with van der Waals surface area (Å²) >= 11 is 5.82. The van der Waals surface area contributed by atoms with E-state index in [9.17, 15) is 14.0 Å². The maximum absolute atomic E-state index is 13.8. The molecule has 0 saturated carbocycles. The summed E-state index contributed by atoms with van der Waals surface area (Å²) < 4.78 is 18.6. The summed E-state index contributed by atoms with van der Waals surface area (Å²) in [5.41, 5.74) is -0.0516. The van der Waals surface area contributed by atoms with E-state index in [0.717, 1.165) is 12.8 Å². The number of hydrogen-bond donors (Lipinski definition) is 1. The maximum atomic E-state index is 13.8. The zero-order valence-corrected chi connectivity index (χ0v) is 13.0. The van der Waals surface area contributed by atoms with Crippen molar-refractivity contribution in [3.63, 3.8) is 0 Å². The monoisotopic (exact) mass is 328 g/mol. The number of hydrogen-bond acceptors (Lipinski definition) is 3. The lowest BCUT2D eigenvalue weighted by Gasteiger charge is -2.33. The SMILES string of the molecule is CCOC(=O)N[C@@H]1CCCN(C(=O)c2cc(Cl)ccc2F)C1. The Bertz CT molecular complexity index is 568. The Morgan fingerprint density at radius 2 is 2.27 bits per heavy atom. The summed E-state index contributed by atoms with van der Waals surface area (Å²) in [5, 5.41) is 3.02. The van der Waals surface area contributed by atoms with Crippen LogP contribution in [-0.4, -0.2) is 42.6 Å². The van der Waals surface area contributed by atoms with E-state index in [2.05, 4.69) is 5.32 Å². The van der Waals surface area contributed by atoms with Gasteiger partial charge < -0.3 is 15.0 Å². The van der Waals surface area contributed by atoms with Gasteiger partial charge in [-0.05, 0) is 38.0 Å². The molecule has 0 spiro atoms. The third-order valence-electron chi connectivity index (χ3n) is 3.46. The highest BCUT2D eigenvalue weighted by Crippen LogP contribution is 2.19. The van der Waals surface area contributed by atoms with Gasteiger partial charge in [-0.1, -0.05) is 11.6 Å². The lowest BCUT2D eigenvalue weighted by atomic mass is 10.0. The maximum Gasteiger partial charge on any atom is 0.407 e. The highest BCUT2D eigenvalue weighted by molar-refractivity contribution is 6.31. The average molecular weight is 329 g/mol. The number of carbonyl (C=O) groups excluding carboxylic acids is 2. The van der Waals surface area contributed by atoms with Crippen LogP contribution in [-0.2, 0) is 4.74 Å². The number of carbonyl (C=O) groups is 2. The van der Waals surface area contributed by atoms with E-state index < -0.39 is 17.8 Å². The Hall–Kier alpha value is -1.82. The van der Waals surface area contributed by atoms with Gasteiger partial charge in [0, 0.05) is 24.2 Å². The number of ether oxygens (including phenoxy) is 1. The number of halogens is 2. The molecule has 0 aliphatic carbocycles. The van der Waals surface area contributed by atoms with Gasteiger partial charge in [0.1, 0.15) is 5.82 Å². The van der Waals surface area contributed by atoms with E-state index in [1.807, 2.05) is 0 Å². The van der Waals surface area contributed by atoms with Gasteiger partial charge in [-0.15, -0.1) is 0 Å². The lowest BCUT2D eigenvalue weighted by Crippen LogP contribution is -2.49. The first-order chi connectivity index (χ1) is 10.5. The molecule has 1 aromatic rings. The summed E-state index contributed by atoms with van der Waals surface area (Å²) in [6.45, 7) is 2.85. The van der Waals surface area contributed by atoms with Crippen LogP contribution >= 0.6 is 11.6 Å². The summed E-state index contributed by atoms with van der Waals surface area (Å²) in [5.74, 6) is -1.02. The Morgan fingerprint density at radius 3 is 3.00 bits per heavy atom. The molecule has 2 amide bonds. The number of piperidine rings is 1. The summed E-state index contributed by atoms with van der Waals surface area (Å²) in [6, 6.07) is 3.70. The quantitative estimate of drug-likeness (QED) is 0.928. The van der Waals surface area contributed by atoms with Crippen LogP contribution < -0.4 is 5.32 Å². The standard InChI is InChI=1S/C15H18ClFN2O3/c1-2-22-15(21)18-11-4-3-7-19(9-11)14(20)12-8-10(16)5-6-13(12)17/h5-6,8,11H,2-4,7,9H2,1H3,(H,18,21)/t11-/m1/s1. The zero-order chi connectivity index (χ0) is 16.1. The van der Waals surface area contributed by atoms with Crippen molar-refractivity contribution in [1.82, 2.24) is 10.2 Å². The molecule has 0 bridgehead atoms. The third-order valence-corrected chi connectivity index (χ3v) is 3.70. The summed E-state index contributed by atoms with van der Waals surface area (Å²) in [6.07, 6.45) is 0.974. The highest BCUT2D eigenvalue weighted by Gasteiger charge is 2.27. The van der Waals surface area contributed by atoms with Crippen LogP contribution in [0.3, 0.4) is 0 Å². The van der Waals surface area contributed by atoms with Crippen molar-refractivity contribution in [1.29, 1.82) is 0 Å². The van der Waals surface area contributed by atoms with Gasteiger partial charge in [0.15, 0.2) is 0 Å². The Labute approximate surface area is 133 Å². The van der Waals surface area contributed by atoms with E-state index in [1.165, 1.54) is 23.1 Å². The first-order valence-electron chi connectivity index (χ1n) is 7.19. The van der Waals surface area contributed by atoms with Crippen LogP contribution in [0.1, 0.15) is 30.1 Å². The van der Waals surface area contributed by atoms with Gasteiger partial charge in [0.2, 0.25) is 0 Å². The second-order valence-electron chi connectivity index (χ2n) is 5.08. The minimum Gasteiger partial charge on any atom is -0.450 e. The number of alkyl carbamates (subject to hydrolysis) is 1. The molecule has 7 heteroatoms. The molecule has 120 valence electrons. The van der Waals surface area contributed by atoms with E-state index in [1.54, 1.807) is 6.92 Å². The van der Waals surface area contributed by atoms with Crippen LogP contribution in [0.4, 0.5) is 9.18 Å². The zero-order valence-electron chi connectivity index (χ0n) is 12.3. The van der Waals surface area contributed by atoms with Gasteiger partial charge >= 0.3 is 6.09 Å². The van der Waals surface area contributed by atoms with Gasteiger partial charge in [0.05, 0.1) is 12.2 Å². The van der Waals surface area contributed by atoms with Crippen molar-refractivity contribution >= 4 is 23.6 Å². The first kappa shape index (κ1) is 16.5. The second kappa shape index (κ2) is 7.45. The van der Waals surface area contributed by atoms with E-state index >= 15 is 0 Å². The number of rotatable bonds is 3. The van der Waals surface area contributed by atoms with Crippen molar-refractivity contribution < 1.29 is 18.7 Å². The van der Waals surface area contributed by atoms with Gasteiger partial charge in [0.25, 0.3) is 5.91 Å². The molecule has 2 rings (SSSR count). The van der Waals surface area contributed by atoms with Gasteiger partial charge in [-0.2, -0.15) is 0 Å². The van der Waals surface area contributed by atoms with E-state index in [0.29, 0.717) is 18.1 Å². The molecule has 0 radical (unpaired) electrons. The largest absolute Gasteiger partial charge is 0.450 e. The molecule has 5 nitrogen and oxygen atoms in total. The number of nitrogens with one attached hydrogen (secondary N) is 1. The van der Waals surface area contributed by atoms with Crippen molar-refractivity contribution in [3.05, 3.63) is 34.6 Å². The van der Waals surface area contributed by atoms with Crippen molar-refractivity contribution in [2.24, 2.45) is 0 Å². The molecular formula is C15H18ClFN2O3. The third kappa shape index (κ3) is 4.10. The molecule has 1 atom stereocenters. The molecule has 0 unspecified atom stereocenters. The van der Waals surface area contributed by atoms with Crippen LogP contribution in [0.5, 0.6) is 0 Å². The minimum absolute atomic E-state index is 0.0516. The molecule has 1 heterocycles. The van der Waals surface area contributed by atoms with E-state index in [-0.39, 0.29) is 18.2 Å². The van der Waals surface area contributed by atoms with Crippen molar-refractivity contribution in [2.45, 2.75) is 25.8 Å². The fourth-order valence-electron chi connectivity index (χ4n) is 2.45. The lowest BCUT2D eigenvalue weighted by molar-refractivity contribution is 0.0681. The van der Waals surface area contributed by atoms with Crippen molar-refractivity contribution in [2.75, 3.05) is 19.7 Å². The molecule has 1 aliphatic rings. The predicted octanol–water partition coefficient (Wildman–Crippen LogP) is 2.83. The summed E-state index contributed by atoms with van der Waals surface area (Å²) in [4.78, 5) is 25.4. The van der Waals surface area contributed by atoms with Crippen LogP contribution in [0.25, 0.3) is 0 Å². The van der Waals surface area contributed by atoms with Crippen LogP contribution in [0, 0.1) is 5.82 Å². The predicted molar refractivity (Wildman–Crippen MR) is 80.5 cm³/mol. The fraction of sp³-hybridized carbons (Fsp3) is 0.467. The van der Waals surface area contributed by atoms with E-state index in [4.69, 9.17) is 16.3 Å². The molecule has 1 N–H and O–H groups in total. The minimum atomic E-state index is -0.602. The smallest absolute Gasteiger partial charge is 0.407 e. The molecule has 22 heavy (non-hydrogen) atoms. The number of benzene rings is 1. The number of likely N-dealkylation sites (tertiary alicyclic amines) is 1. The van der Waals surface area contributed by atoms with Gasteiger partial charge in [-0.3, -0.25) is 4.79 Å². The molecular weight excluding hydrogens is 311 g/mol. The number of nitrogens with zero attached hydrogens (tertiary/aromatic N) is 1. The molecule has 1 saturated heterocycles. The Kier molecular flexibility index (Phi) is 5.60. The Balaban J connectivity index is 2.04. The Morgan fingerprint density at radius 1 is 1.50 bits per heavy atom. The van der Waals surface area contributed by atoms with Gasteiger partial charge in [-0.25, -0.2) is 9.18 Å². The highest BCUT2D eigenvalue weighted by atomic mass is 35.5. The fourth-order valence-corrected chi connectivity index (χ4v) is 2.62. The van der Waals surface area contributed by atoms with Crippen molar-refractivity contribution in [3.8, 4) is 0 Å². The molecule has 0 aromatic heterocycles. The topological polar surface area (TPSA) is 58.6 Å². The number of amides is 2. The molecule has 1 aliphatic heterocycles. The van der Waals surface area contributed by atoms with Crippen LogP contribution in [0.15, 0.2) is 18.2 Å². The molecule has 1 fully saturated rings. The summed E-state index contributed by atoms with van der Waals surface area (Å²) in [7, 11) is 0. The normalized spacial score (nSPS) is 18.0. The molecule has 1 aromatic carbocycles. The average Bonchev–Trinajstić information content (AvgIpc) is 2.49. The second-order valence-corrected chi connectivity index (χ2v) is 5.52.